The number of thiazole rings is 1. The maximum atomic E-state index is 12.5. The Hall–Kier alpha value is -2.74. The largest absolute Gasteiger partial charge is 0.478 e. The number of hydrogen-bond donors (Lipinski definition) is 1. The second-order valence-corrected chi connectivity index (χ2v) is 8.17. The second-order valence-electron chi connectivity index (χ2n) is 7.06. The van der Waals surface area contributed by atoms with Gasteiger partial charge in [0.25, 0.3) is 0 Å². The van der Waals surface area contributed by atoms with Crippen molar-refractivity contribution in [1.29, 1.82) is 0 Å². The Morgan fingerprint density at radius 2 is 2.00 bits per heavy atom. The van der Waals surface area contributed by atoms with Crippen LogP contribution in [-0.4, -0.2) is 49.7 Å². The van der Waals surface area contributed by atoms with Gasteiger partial charge in [0.05, 0.1) is 33.0 Å². The Morgan fingerprint density at radius 1 is 1.21 bits per heavy atom. The number of hydrogen-bond acceptors (Lipinski definition) is 5. The van der Waals surface area contributed by atoms with E-state index in [1.54, 1.807) is 22.2 Å². The molecule has 0 aliphatic carbocycles. The molecule has 7 nitrogen and oxygen atoms in total. The van der Waals surface area contributed by atoms with Crippen molar-refractivity contribution in [3.05, 3.63) is 47.2 Å². The Balaban J connectivity index is 1.24. The van der Waals surface area contributed by atoms with Crippen LogP contribution in [0.3, 0.4) is 0 Å². The van der Waals surface area contributed by atoms with Gasteiger partial charge in [0.15, 0.2) is 0 Å². The number of aromatic carboxylic acids is 1. The van der Waals surface area contributed by atoms with Gasteiger partial charge in [-0.15, -0.1) is 11.3 Å². The zero-order valence-electron chi connectivity index (χ0n) is 15.5. The maximum Gasteiger partial charge on any atom is 0.338 e. The number of amides is 1. The van der Waals surface area contributed by atoms with Gasteiger partial charge in [0, 0.05) is 25.7 Å². The van der Waals surface area contributed by atoms with Crippen LogP contribution in [0.15, 0.2) is 36.7 Å². The minimum Gasteiger partial charge on any atom is -0.478 e. The van der Waals surface area contributed by atoms with Crippen LogP contribution in [0.1, 0.15) is 47.1 Å². The van der Waals surface area contributed by atoms with Crippen molar-refractivity contribution < 1.29 is 14.7 Å². The number of benzene rings is 1. The van der Waals surface area contributed by atoms with Crippen molar-refractivity contribution in [2.45, 2.75) is 38.1 Å². The monoisotopic (exact) mass is 398 g/mol. The summed E-state index contributed by atoms with van der Waals surface area (Å²) in [5, 5.41) is 14.2. The van der Waals surface area contributed by atoms with E-state index in [0.717, 1.165) is 36.2 Å². The predicted octanol–water partition coefficient (Wildman–Crippen LogP) is 3.38. The van der Waals surface area contributed by atoms with Gasteiger partial charge in [-0.3, -0.25) is 9.48 Å². The smallest absolute Gasteiger partial charge is 0.338 e. The molecule has 1 saturated heterocycles. The molecule has 0 bridgehead atoms. The highest BCUT2D eigenvalue weighted by atomic mass is 32.1. The Labute approximate surface area is 166 Å². The molecule has 1 aliphatic rings. The van der Waals surface area contributed by atoms with Gasteiger partial charge in [0.1, 0.15) is 0 Å². The summed E-state index contributed by atoms with van der Waals surface area (Å²) in [6.07, 6.45) is 6.71. The van der Waals surface area contributed by atoms with Crippen molar-refractivity contribution in [2.75, 3.05) is 13.1 Å². The molecule has 4 rings (SSSR count). The normalized spacial score (nSPS) is 15.2. The number of nitrogens with zero attached hydrogens (tertiary/aromatic N) is 4. The van der Waals surface area contributed by atoms with Gasteiger partial charge < -0.3 is 10.0 Å². The molecular formula is C20H22N4O3S. The first-order chi connectivity index (χ1) is 13.6. The number of carbonyl (C=O) groups excluding carboxylic acids is 1. The average molecular weight is 398 g/mol. The fourth-order valence-electron chi connectivity index (χ4n) is 3.60. The predicted molar refractivity (Wildman–Crippen MR) is 107 cm³/mol. The van der Waals surface area contributed by atoms with E-state index < -0.39 is 5.97 Å². The Morgan fingerprint density at radius 3 is 2.71 bits per heavy atom. The molecule has 1 N–H and O–H groups in total. The third-order valence-corrected chi connectivity index (χ3v) is 6.26. The molecule has 146 valence electrons. The first kappa shape index (κ1) is 18.6. The molecule has 0 saturated carbocycles. The van der Waals surface area contributed by atoms with Gasteiger partial charge in [-0.25, -0.2) is 9.78 Å². The number of fused-ring (bicyclic) bond motifs is 1. The first-order valence-electron chi connectivity index (χ1n) is 9.50. The highest BCUT2D eigenvalue weighted by molar-refractivity contribution is 7.18. The molecule has 0 spiro atoms. The molecule has 3 heterocycles. The van der Waals surface area contributed by atoms with E-state index in [0.29, 0.717) is 19.5 Å². The zero-order valence-corrected chi connectivity index (χ0v) is 16.3. The molecule has 1 fully saturated rings. The molecule has 8 heteroatoms. The third-order valence-electron chi connectivity index (χ3n) is 5.16. The number of aryl methyl sites for hydroxylation is 1. The van der Waals surface area contributed by atoms with Gasteiger partial charge in [-0.05, 0) is 37.8 Å². The quantitative estimate of drug-likeness (QED) is 0.688. The summed E-state index contributed by atoms with van der Waals surface area (Å²) in [5.74, 6) is -0.779. The highest BCUT2D eigenvalue weighted by Gasteiger charge is 2.24. The van der Waals surface area contributed by atoms with Gasteiger partial charge in [-0.2, -0.15) is 5.10 Å². The number of para-hydroxylation sites is 1. The van der Waals surface area contributed by atoms with E-state index >= 15 is 0 Å². The van der Waals surface area contributed by atoms with Crippen LogP contribution in [0.2, 0.25) is 0 Å². The van der Waals surface area contributed by atoms with E-state index in [9.17, 15) is 9.59 Å². The van der Waals surface area contributed by atoms with Crippen LogP contribution in [0.25, 0.3) is 10.2 Å². The van der Waals surface area contributed by atoms with Crippen LogP contribution in [0, 0.1) is 0 Å². The molecule has 1 aliphatic heterocycles. The number of aromatic nitrogens is 3. The lowest BCUT2D eigenvalue weighted by Gasteiger charge is -2.32. The van der Waals surface area contributed by atoms with Gasteiger partial charge in [0.2, 0.25) is 5.91 Å². The third kappa shape index (κ3) is 4.06. The molecule has 2 aromatic heterocycles. The Bertz CT molecular complexity index is 955. The fourth-order valence-corrected chi connectivity index (χ4v) is 4.61. The highest BCUT2D eigenvalue weighted by Crippen LogP contribution is 2.24. The van der Waals surface area contributed by atoms with Gasteiger partial charge in [-0.1, -0.05) is 12.1 Å². The van der Waals surface area contributed by atoms with Crippen LogP contribution in [-0.2, 0) is 11.2 Å². The minimum atomic E-state index is -0.966. The number of carboxylic acids is 1. The van der Waals surface area contributed by atoms with Gasteiger partial charge >= 0.3 is 5.97 Å². The number of likely N-dealkylation sites (tertiary alicyclic amines) is 1. The molecule has 0 unspecified atom stereocenters. The summed E-state index contributed by atoms with van der Waals surface area (Å²) in [7, 11) is 0. The number of rotatable bonds is 6. The molecule has 1 aromatic carbocycles. The summed E-state index contributed by atoms with van der Waals surface area (Å²) in [6.45, 7) is 1.37. The van der Waals surface area contributed by atoms with Crippen molar-refractivity contribution in [3.63, 3.8) is 0 Å². The Kier molecular flexibility index (Phi) is 5.38. The number of carboxylic acid groups (broad SMARTS) is 1. The van der Waals surface area contributed by atoms with Crippen LogP contribution in [0.5, 0.6) is 0 Å². The number of piperidine rings is 1. The minimum absolute atomic E-state index is 0.153. The molecule has 28 heavy (non-hydrogen) atoms. The van der Waals surface area contributed by atoms with E-state index in [-0.39, 0.29) is 17.5 Å². The molecule has 3 aromatic rings. The summed E-state index contributed by atoms with van der Waals surface area (Å²) in [5.41, 5.74) is 1.23. The van der Waals surface area contributed by atoms with Crippen LogP contribution < -0.4 is 0 Å². The topological polar surface area (TPSA) is 88.3 Å². The second kappa shape index (κ2) is 8.10. The first-order valence-corrected chi connectivity index (χ1v) is 10.3. The van der Waals surface area contributed by atoms with E-state index in [1.165, 1.54) is 10.9 Å². The van der Waals surface area contributed by atoms with Crippen molar-refractivity contribution in [2.24, 2.45) is 0 Å². The standard InChI is InChI=1S/C20H22N4O3S/c25-19(7-3-6-18-22-16-4-1-2-5-17(16)28-18)23-10-8-15(9-11-23)24-13-14(12-21-24)20(26)27/h1-2,4-5,12-13,15H,3,6-11H2,(H,26,27). The summed E-state index contributed by atoms with van der Waals surface area (Å²) < 4.78 is 2.91. The summed E-state index contributed by atoms with van der Waals surface area (Å²) >= 11 is 1.70. The van der Waals surface area contributed by atoms with E-state index in [4.69, 9.17) is 5.11 Å². The molecule has 0 radical (unpaired) electrons. The molecular weight excluding hydrogens is 376 g/mol. The summed E-state index contributed by atoms with van der Waals surface area (Å²) in [6, 6.07) is 8.25. The lowest BCUT2D eigenvalue weighted by molar-refractivity contribution is -0.132. The maximum absolute atomic E-state index is 12.5. The zero-order chi connectivity index (χ0) is 19.5. The number of carbonyl (C=O) groups is 2. The molecule has 1 amide bonds. The van der Waals surface area contributed by atoms with Crippen molar-refractivity contribution in [3.8, 4) is 0 Å². The van der Waals surface area contributed by atoms with E-state index in [2.05, 4.69) is 16.1 Å². The van der Waals surface area contributed by atoms with Crippen molar-refractivity contribution in [1.82, 2.24) is 19.7 Å². The average Bonchev–Trinajstić information content (AvgIpc) is 3.35. The van der Waals surface area contributed by atoms with Crippen molar-refractivity contribution >= 4 is 33.4 Å². The summed E-state index contributed by atoms with van der Waals surface area (Å²) in [4.78, 5) is 30.0. The lowest BCUT2D eigenvalue weighted by atomic mass is 10.0. The fraction of sp³-hybridized carbons (Fsp3) is 0.400. The SMILES string of the molecule is O=C(O)c1cnn(C2CCN(C(=O)CCCc3nc4ccccc4s3)CC2)c1. The lowest BCUT2D eigenvalue weighted by Crippen LogP contribution is -2.39. The van der Waals surface area contributed by atoms with E-state index in [1.807, 2.05) is 23.1 Å². The van der Waals surface area contributed by atoms with Crippen LogP contribution >= 0.6 is 11.3 Å². The molecule has 0 atom stereocenters. The van der Waals surface area contributed by atoms with Crippen LogP contribution in [0.4, 0.5) is 0 Å².